The third-order valence-electron chi connectivity index (χ3n) is 6.02. The Hall–Kier alpha value is -3.87. The van der Waals surface area contributed by atoms with Crippen LogP contribution in [0, 0.1) is 10.8 Å². The van der Waals surface area contributed by atoms with Crippen LogP contribution in [-0.2, 0) is 15.0 Å². The van der Waals surface area contributed by atoms with Crippen molar-refractivity contribution in [2.75, 3.05) is 14.2 Å². The molecule has 0 unspecified atom stereocenters. The molecule has 0 aliphatic rings. The van der Waals surface area contributed by atoms with Gasteiger partial charge in [0.05, 0.1) is 25.0 Å². The maximum absolute atomic E-state index is 13.0. The van der Waals surface area contributed by atoms with Crippen LogP contribution in [0.3, 0.4) is 0 Å². The lowest BCUT2D eigenvalue weighted by Crippen LogP contribution is -2.27. The van der Waals surface area contributed by atoms with Crippen molar-refractivity contribution in [3.05, 3.63) is 65.8 Å². The quantitative estimate of drug-likeness (QED) is 0.112. The van der Waals surface area contributed by atoms with E-state index in [1.807, 2.05) is 13.8 Å². The highest BCUT2D eigenvalue weighted by Gasteiger charge is 2.33. The molecule has 0 aliphatic heterocycles. The monoisotopic (exact) mass is 536 g/mol. The minimum absolute atomic E-state index is 0.236. The van der Waals surface area contributed by atoms with Gasteiger partial charge in [0.2, 0.25) is 5.75 Å². The van der Waals surface area contributed by atoms with Crippen LogP contribution in [0.5, 0.6) is 23.0 Å². The number of esters is 2. The first kappa shape index (κ1) is 31.3. The van der Waals surface area contributed by atoms with E-state index in [0.29, 0.717) is 28.2 Å². The Kier molecular flexibility index (Phi) is 9.56. The van der Waals surface area contributed by atoms with Gasteiger partial charge in [-0.05, 0) is 84.0 Å². The lowest BCUT2D eigenvalue weighted by atomic mass is 9.82. The van der Waals surface area contributed by atoms with Gasteiger partial charge in [-0.3, -0.25) is 14.4 Å². The van der Waals surface area contributed by atoms with Crippen molar-refractivity contribution in [3.8, 4) is 23.0 Å². The third kappa shape index (κ3) is 7.59. The van der Waals surface area contributed by atoms with E-state index in [2.05, 4.69) is 6.58 Å². The minimum atomic E-state index is -0.751. The highest BCUT2D eigenvalue weighted by molar-refractivity contribution is 6.07. The molecular weight excluding hydrogens is 496 g/mol. The Morgan fingerprint density at radius 2 is 1.26 bits per heavy atom. The molecule has 0 bridgehead atoms. The van der Waals surface area contributed by atoms with Crippen LogP contribution in [0.4, 0.5) is 0 Å². The van der Waals surface area contributed by atoms with Crippen LogP contribution < -0.4 is 18.9 Å². The summed E-state index contributed by atoms with van der Waals surface area (Å²) in [6.07, 6.45) is 4.78. The van der Waals surface area contributed by atoms with E-state index in [4.69, 9.17) is 18.9 Å². The summed E-state index contributed by atoms with van der Waals surface area (Å²) in [4.78, 5) is 37.9. The zero-order valence-corrected chi connectivity index (χ0v) is 24.7. The first-order valence-electron chi connectivity index (χ1n) is 12.7. The maximum atomic E-state index is 13.0. The molecule has 0 saturated heterocycles. The second-order valence-electron chi connectivity index (χ2n) is 11.8. The van der Waals surface area contributed by atoms with Crippen molar-refractivity contribution >= 4 is 23.8 Å². The van der Waals surface area contributed by atoms with Gasteiger partial charge in [0.1, 0.15) is 5.75 Å². The van der Waals surface area contributed by atoms with E-state index in [1.165, 1.54) is 20.3 Å². The molecule has 7 nitrogen and oxygen atoms in total. The number of allylic oxidation sites excluding steroid dienone is 2. The summed E-state index contributed by atoms with van der Waals surface area (Å²) in [5.74, 6) is 0.0847. The van der Waals surface area contributed by atoms with E-state index >= 15 is 0 Å². The number of rotatable bonds is 9. The van der Waals surface area contributed by atoms with E-state index in [0.717, 1.165) is 0 Å². The zero-order chi connectivity index (χ0) is 29.8. The zero-order valence-electron chi connectivity index (χ0n) is 24.7. The van der Waals surface area contributed by atoms with Gasteiger partial charge < -0.3 is 18.9 Å². The fraction of sp³-hybridized carbons (Fsp3) is 0.406. The molecule has 0 N–H and O–H groups in total. The SMILES string of the molecule is C=CC(C)(C)c1cc(C=CC(=O)c2ccc(OC(=O)C(C)(C)C)cc2)c(OC)c(OC)c1OC(=O)C(C)(C)C. The molecule has 0 fully saturated rings. The van der Waals surface area contributed by atoms with Crippen LogP contribution in [0.2, 0.25) is 0 Å². The highest BCUT2D eigenvalue weighted by atomic mass is 16.6. The summed E-state index contributed by atoms with van der Waals surface area (Å²) in [6.45, 7) is 18.4. The average molecular weight is 537 g/mol. The normalized spacial score (nSPS) is 12.2. The van der Waals surface area contributed by atoms with Gasteiger partial charge in [0.25, 0.3) is 0 Å². The second kappa shape index (κ2) is 11.9. The number of hydrogen-bond donors (Lipinski definition) is 0. The topological polar surface area (TPSA) is 88.1 Å². The Morgan fingerprint density at radius 1 is 0.744 bits per heavy atom. The lowest BCUT2D eigenvalue weighted by molar-refractivity contribution is -0.143. The predicted molar refractivity (Wildman–Crippen MR) is 153 cm³/mol. The highest BCUT2D eigenvalue weighted by Crippen LogP contribution is 2.48. The summed E-state index contributed by atoms with van der Waals surface area (Å²) in [5, 5.41) is 0. The average Bonchev–Trinajstić information content (AvgIpc) is 2.86. The van der Waals surface area contributed by atoms with E-state index in [9.17, 15) is 14.4 Å². The van der Waals surface area contributed by atoms with Gasteiger partial charge in [-0.25, -0.2) is 0 Å². The Labute approximate surface area is 231 Å². The van der Waals surface area contributed by atoms with Crippen LogP contribution >= 0.6 is 0 Å². The third-order valence-corrected chi connectivity index (χ3v) is 6.02. The molecule has 0 spiro atoms. The van der Waals surface area contributed by atoms with E-state index in [-0.39, 0.29) is 23.3 Å². The molecule has 0 heterocycles. The standard InChI is InChI=1S/C32H40O7/c1-12-32(8,9)23-19-21(25(36-10)27(37-11)26(23)39-29(35)31(5,6)7)15-18-24(33)20-13-16-22(17-14-20)38-28(34)30(2,3)4/h12-19H,1H2,2-11H3. The van der Waals surface area contributed by atoms with Gasteiger partial charge in [0, 0.05) is 22.1 Å². The summed E-state index contributed by atoms with van der Waals surface area (Å²) < 4.78 is 22.5. The Balaban J connectivity index is 2.52. The number of benzene rings is 2. The lowest BCUT2D eigenvalue weighted by Gasteiger charge is -2.28. The fourth-order valence-electron chi connectivity index (χ4n) is 3.31. The number of ketones is 1. The number of methoxy groups -OCH3 is 2. The molecule has 2 aromatic rings. The van der Waals surface area contributed by atoms with Crippen LogP contribution in [-0.4, -0.2) is 31.9 Å². The first-order chi connectivity index (χ1) is 18.0. The molecule has 0 radical (unpaired) electrons. The van der Waals surface area contributed by atoms with Gasteiger partial charge in [0.15, 0.2) is 17.3 Å². The summed E-state index contributed by atoms with van der Waals surface area (Å²) in [7, 11) is 2.94. The Morgan fingerprint density at radius 3 is 1.72 bits per heavy atom. The van der Waals surface area contributed by atoms with Crippen LogP contribution in [0.1, 0.15) is 76.9 Å². The molecule has 0 amide bonds. The number of ether oxygens (including phenoxy) is 4. The Bertz CT molecular complexity index is 1270. The molecule has 7 heteroatoms. The maximum Gasteiger partial charge on any atom is 0.316 e. The molecule has 0 saturated carbocycles. The predicted octanol–water partition coefficient (Wildman–Crippen LogP) is 6.97. The largest absolute Gasteiger partial charge is 0.492 e. The molecule has 210 valence electrons. The van der Waals surface area contributed by atoms with Crippen molar-refractivity contribution in [2.45, 2.75) is 60.8 Å². The van der Waals surface area contributed by atoms with Gasteiger partial charge in [-0.2, -0.15) is 0 Å². The van der Waals surface area contributed by atoms with Crippen molar-refractivity contribution in [3.63, 3.8) is 0 Å². The molecule has 0 aliphatic carbocycles. The van der Waals surface area contributed by atoms with Crippen LogP contribution in [0.25, 0.3) is 6.08 Å². The van der Waals surface area contributed by atoms with E-state index in [1.54, 1.807) is 84.0 Å². The van der Waals surface area contributed by atoms with Crippen LogP contribution in [0.15, 0.2) is 49.1 Å². The molecule has 0 aromatic heterocycles. The van der Waals surface area contributed by atoms with Crippen molar-refractivity contribution < 1.29 is 33.3 Å². The summed E-state index contributed by atoms with van der Waals surface area (Å²) >= 11 is 0. The summed E-state index contributed by atoms with van der Waals surface area (Å²) in [5.41, 5.74) is -0.393. The smallest absolute Gasteiger partial charge is 0.316 e. The number of carbonyl (C=O) groups excluding carboxylic acids is 3. The van der Waals surface area contributed by atoms with Gasteiger partial charge in [-0.15, -0.1) is 6.58 Å². The second-order valence-corrected chi connectivity index (χ2v) is 11.8. The van der Waals surface area contributed by atoms with E-state index < -0.39 is 22.2 Å². The minimum Gasteiger partial charge on any atom is -0.492 e. The molecule has 39 heavy (non-hydrogen) atoms. The molecule has 2 rings (SSSR count). The van der Waals surface area contributed by atoms with Gasteiger partial charge >= 0.3 is 11.9 Å². The molecule has 2 aromatic carbocycles. The van der Waals surface area contributed by atoms with Crippen molar-refractivity contribution in [1.29, 1.82) is 0 Å². The fourth-order valence-corrected chi connectivity index (χ4v) is 3.31. The number of carbonyl (C=O) groups is 3. The van der Waals surface area contributed by atoms with Crippen molar-refractivity contribution in [2.24, 2.45) is 10.8 Å². The van der Waals surface area contributed by atoms with Gasteiger partial charge in [-0.1, -0.05) is 19.9 Å². The molecular formula is C32H40O7. The van der Waals surface area contributed by atoms with Crippen molar-refractivity contribution in [1.82, 2.24) is 0 Å². The first-order valence-corrected chi connectivity index (χ1v) is 12.7. The molecule has 0 atom stereocenters. The summed E-state index contributed by atoms with van der Waals surface area (Å²) in [6, 6.07) is 8.15. The number of hydrogen-bond acceptors (Lipinski definition) is 7.